The predicted molar refractivity (Wildman–Crippen MR) is 115 cm³/mol. The highest BCUT2D eigenvalue weighted by Crippen LogP contribution is 2.29. The fraction of sp³-hybridized carbons (Fsp3) is 0.150. The molecule has 1 N–H and O–H groups in total. The average molecular weight is 435 g/mol. The van der Waals surface area contributed by atoms with Gasteiger partial charge in [0.15, 0.2) is 0 Å². The molecule has 0 aliphatic carbocycles. The Kier molecular flexibility index (Phi) is 6.07. The number of hydrogen-bond acceptors (Lipinski definition) is 4. The zero-order valence-corrected chi connectivity index (χ0v) is 17.7. The van der Waals surface area contributed by atoms with Crippen LogP contribution in [0.3, 0.4) is 0 Å². The van der Waals surface area contributed by atoms with E-state index >= 15 is 0 Å². The highest BCUT2D eigenvalue weighted by atomic mass is 35.5. The van der Waals surface area contributed by atoms with E-state index in [0.29, 0.717) is 16.4 Å². The summed E-state index contributed by atoms with van der Waals surface area (Å²) in [5.41, 5.74) is 2.23. The van der Waals surface area contributed by atoms with Crippen LogP contribution in [0.2, 0.25) is 5.02 Å². The molecule has 0 aliphatic rings. The Morgan fingerprint density at radius 1 is 1.07 bits per heavy atom. The third-order valence-electron chi connectivity index (χ3n) is 4.28. The van der Waals surface area contributed by atoms with Crippen LogP contribution in [-0.4, -0.2) is 21.4 Å². The number of nitrogens with zero attached hydrogens (tertiary/aromatic N) is 1. The number of anilines is 2. The molecular weight excluding hydrogens is 416 g/mol. The molecule has 3 rings (SSSR count). The minimum atomic E-state index is -3.90. The highest BCUT2D eigenvalue weighted by molar-refractivity contribution is 7.93. The van der Waals surface area contributed by atoms with Crippen LogP contribution in [0.5, 0.6) is 0 Å². The first-order valence-electron chi connectivity index (χ1n) is 8.55. The summed E-state index contributed by atoms with van der Waals surface area (Å²) in [5.74, 6) is -0.456. The maximum absolute atomic E-state index is 13.1. The zero-order valence-electron chi connectivity index (χ0n) is 15.3. The number of carbonyl (C=O) groups is 1. The minimum absolute atomic E-state index is 0.0300. The van der Waals surface area contributed by atoms with Crippen molar-refractivity contribution in [3.8, 4) is 0 Å². The van der Waals surface area contributed by atoms with Crippen molar-refractivity contribution in [3.05, 3.63) is 75.4 Å². The van der Waals surface area contributed by atoms with Crippen molar-refractivity contribution in [2.24, 2.45) is 0 Å². The molecule has 0 unspecified atom stereocenters. The Hall–Kier alpha value is -2.35. The maximum Gasteiger partial charge on any atom is 0.267 e. The molecular formula is C20H19ClN2O3S2. The number of halogens is 1. The molecule has 3 aromatic rings. The molecule has 28 heavy (non-hydrogen) atoms. The summed E-state index contributed by atoms with van der Waals surface area (Å²) in [7, 11) is -2.45. The minimum Gasteiger partial charge on any atom is -0.321 e. The van der Waals surface area contributed by atoms with Crippen LogP contribution in [0.4, 0.5) is 11.4 Å². The second-order valence-corrected chi connectivity index (χ2v) is 9.36. The molecule has 1 aromatic heterocycles. The summed E-state index contributed by atoms with van der Waals surface area (Å²) in [6, 6.07) is 15.4. The third kappa shape index (κ3) is 4.22. The van der Waals surface area contributed by atoms with Crippen LogP contribution < -0.4 is 9.62 Å². The van der Waals surface area contributed by atoms with Gasteiger partial charge in [-0.25, -0.2) is 8.42 Å². The summed E-state index contributed by atoms with van der Waals surface area (Å²) in [6.45, 7) is 2.05. The number of carbonyl (C=O) groups excluding carboxylic acids is 1. The van der Waals surface area contributed by atoms with Gasteiger partial charge in [0.2, 0.25) is 0 Å². The molecule has 8 heteroatoms. The van der Waals surface area contributed by atoms with E-state index < -0.39 is 15.9 Å². The molecule has 0 atom stereocenters. The van der Waals surface area contributed by atoms with Crippen LogP contribution in [0.1, 0.15) is 22.2 Å². The largest absolute Gasteiger partial charge is 0.321 e. The molecule has 0 saturated carbocycles. The van der Waals surface area contributed by atoms with Gasteiger partial charge >= 0.3 is 0 Å². The van der Waals surface area contributed by atoms with Gasteiger partial charge in [0, 0.05) is 17.8 Å². The lowest BCUT2D eigenvalue weighted by molar-refractivity contribution is 0.102. The Morgan fingerprint density at radius 2 is 1.71 bits per heavy atom. The van der Waals surface area contributed by atoms with Gasteiger partial charge in [-0.05, 0) is 59.8 Å². The van der Waals surface area contributed by atoms with E-state index in [1.54, 1.807) is 41.8 Å². The van der Waals surface area contributed by atoms with Gasteiger partial charge in [0.25, 0.3) is 15.9 Å². The molecule has 2 aromatic carbocycles. The fourth-order valence-corrected chi connectivity index (χ4v) is 5.23. The molecule has 1 amide bonds. The van der Waals surface area contributed by atoms with Crippen molar-refractivity contribution in [2.75, 3.05) is 16.7 Å². The predicted octanol–water partition coefficient (Wildman–Crippen LogP) is 5.04. The second-order valence-electron chi connectivity index (χ2n) is 6.07. The standard InChI is InChI=1S/C20H19ClN2O3S2/c1-3-14-4-8-16(9-5-14)22-20(24)19-18(12-13-27-19)28(25,26)23(2)17-10-6-15(21)7-11-17/h4-13H,3H2,1-2H3,(H,22,24). The second kappa shape index (κ2) is 8.34. The quantitative estimate of drug-likeness (QED) is 0.590. The monoisotopic (exact) mass is 434 g/mol. The lowest BCUT2D eigenvalue weighted by atomic mass is 10.1. The molecule has 0 radical (unpaired) electrons. The Balaban J connectivity index is 1.86. The van der Waals surface area contributed by atoms with E-state index in [4.69, 9.17) is 11.6 Å². The van der Waals surface area contributed by atoms with Gasteiger partial charge in [0.1, 0.15) is 9.77 Å². The molecule has 0 bridgehead atoms. The van der Waals surface area contributed by atoms with Crippen molar-refractivity contribution in [1.29, 1.82) is 0 Å². The normalized spacial score (nSPS) is 11.2. The number of nitrogens with one attached hydrogen (secondary N) is 1. The number of rotatable bonds is 6. The van der Waals surface area contributed by atoms with Gasteiger partial charge in [-0.3, -0.25) is 9.10 Å². The van der Waals surface area contributed by atoms with Crippen LogP contribution >= 0.6 is 22.9 Å². The average Bonchev–Trinajstić information content (AvgIpc) is 3.19. The summed E-state index contributed by atoms with van der Waals surface area (Å²) in [4.78, 5) is 12.8. The van der Waals surface area contributed by atoms with E-state index in [-0.39, 0.29) is 9.77 Å². The number of thiophene rings is 1. The van der Waals surface area contributed by atoms with Crippen molar-refractivity contribution in [2.45, 2.75) is 18.2 Å². The molecule has 0 saturated heterocycles. The first-order chi connectivity index (χ1) is 13.3. The third-order valence-corrected chi connectivity index (χ3v) is 7.41. The first kappa shape index (κ1) is 20.4. The summed E-state index contributed by atoms with van der Waals surface area (Å²) in [6.07, 6.45) is 0.901. The van der Waals surface area contributed by atoms with Crippen molar-refractivity contribution in [3.63, 3.8) is 0 Å². The topological polar surface area (TPSA) is 66.5 Å². The van der Waals surface area contributed by atoms with Gasteiger partial charge in [-0.2, -0.15) is 0 Å². The molecule has 0 aliphatic heterocycles. The molecule has 0 spiro atoms. The van der Waals surface area contributed by atoms with Crippen LogP contribution in [0, 0.1) is 0 Å². The highest BCUT2D eigenvalue weighted by Gasteiger charge is 2.28. The van der Waals surface area contributed by atoms with E-state index in [1.807, 2.05) is 19.1 Å². The molecule has 5 nitrogen and oxygen atoms in total. The lowest BCUT2D eigenvalue weighted by Crippen LogP contribution is -2.28. The van der Waals surface area contributed by atoms with Gasteiger partial charge in [-0.15, -0.1) is 11.3 Å². The van der Waals surface area contributed by atoms with Crippen molar-refractivity contribution >= 4 is 50.2 Å². The van der Waals surface area contributed by atoms with E-state index in [1.165, 1.54) is 13.1 Å². The Labute approximate surface area is 173 Å². The first-order valence-corrected chi connectivity index (χ1v) is 11.2. The number of benzene rings is 2. The smallest absolute Gasteiger partial charge is 0.267 e. The lowest BCUT2D eigenvalue weighted by Gasteiger charge is -2.19. The van der Waals surface area contributed by atoms with Gasteiger partial charge in [0.05, 0.1) is 5.69 Å². The summed E-state index contributed by atoms with van der Waals surface area (Å²) in [5, 5.41) is 4.87. The fourth-order valence-electron chi connectivity index (χ4n) is 2.62. The maximum atomic E-state index is 13.1. The number of sulfonamides is 1. The van der Waals surface area contributed by atoms with E-state index in [9.17, 15) is 13.2 Å². The van der Waals surface area contributed by atoms with E-state index in [2.05, 4.69) is 5.32 Å². The van der Waals surface area contributed by atoms with Crippen molar-refractivity contribution in [1.82, 2.24) is 0 Å². The molecule has 146 valence electrons. The van der Waals surface area contributed by atoms with Crippen molar-refractivity contribution < 1.29 is 13.2 Å². The Bertz CT molecular complexity index is 1080. The van der Waals surface area contributed by atoms with E-state index in [0.717, 1.165) is 27.6 Å². The summed E-state index contributed by atoms with van der Waals surface area (Å²) < 4.78 is 27.3. The molecule has 1 heterocycles. The van der Waals surface area contributed by atoms with Crippen LogP contribution in [0.25, 0.3) is 0 Å². The van der Waals surface area contributed by atoms with Crippen LogP contribution in [0.15, 0.2) is 64.9 Å². The van der Waals surface area contributed by atoms with Crippen LogP contribution in [-0.2, 0) is 16.4 Å². The van der Waals surface area contributed by atoms with Gasteiger partial charge in [-0.1, -0.05) is 30.7 Å². The van der Waals surface area contributed by atoms with Gasteiger partial charge < -0.3 is 5.32 Å². The summed E-state index contributed by atoms with van der Waals surface area (Å²) >= 11 is 6.96. The number of amides is 1. The zero-order chi connectivity index (χ0) is 20.3. The Morgan fingerprint density at radius 3 is 2.32 bits per heavy atom. The number of hydrogen-bond donors (Lipinski definition) is 1. The SMILES string of the molecule is CCc1ccc(NC(=O)c2sccc2S(=O)(=O)N(C)c2ccc(Cl)cc2)cc1. The molecule has 0 fully saturated rings. The number of aryl methyl sites for hydroxylation is 1.